The Hall–Kier alpha value is -1.92. The number of benzene rings is 1. The number of piperidine rings is 1. The van der Waals surface area contributed by atoms with Gasteiger partial charge in [-0.05, 0) is 43.8 Å². The zero-order chi connectivity index (χ0) is 18.4. The summed E-state index contributed by atoms with van der Waals surface area (Å²) in [5.74, 6) is 0.297. The maximum atomic E-state index is 12.7. The SMILES string of the molecule is O=C1NCCN(C(=O)CC2CCN(Cc3ccccc3)CC2)C1CCO. The molecule has 26 heavy (non-hydrogen) atoms. The van der Waals surface area contributed by atoms with Crippen molar-refractivity contribution in [3.8, 4) is 0 Å². The van der Waals surface area contributed by atoms with Crippen LogP contribution in [0.25, 0.3) is 0 Å². The highest BCUT2D eigenvalue weighted by atomic mass is 16.3. The molecule has 0 saturated carbocycles. The van der Waals surface area contributed by atoms with Crippen LogP contribution in [0.5, 0.6) is 0 Å². The lowest BCUT2D eigenvalue weighted by atomic mass is 9.92. The van der Waals surface area contributed by atoms with Gasteiger partial charge in [-0.15, -0.1) is 0 Å². The largest absolute Gasteiger partial charge is 0.396 e. The average Bonchev–Trinajstić information content (AvgIpc) is 2.66. The number of aliphatic hydroxyl groups is 1. The summed E-state index contributed by atoms with van der Waals surface area (Å²) >= 11 is 0. The van der Waals surface area contributed by atoms with E-state index in [2.05, 4.69) is 34.5 Å². The Morgan fingerprint density at radius 2 is 1.88 bits per heavy atom. The van der Waals surface area contributed by atoms with Crippen LogP contribution in [0.3, 0.4) is 0 Å². The van der Waals surface area contributed by atoms with Crippen LogP contribution in [-0.2, 0) is 16.1 Å². The van der Waals surface area contributed by atoms with Crippen molar-refractivity contribution in [2.24, 2.45) is 5.92 Å². The van der Waals surface area contributed by atoms with Gasteiger partial charge in [-0.3, -0.25) is 14.5 Å². The number of rotatable bonds is 6. The zero-order valence-corrected chi connectivity index (χ0v) is 15.3. The molecule has 2 aliphatic heterocycles. The summed E-state index contributed by atoms with van der Waals surface area (Å²) in [6.07, 6.45) is 2.86. The van der Waals surface area contributed by atoms with E-state index in [0.29, 0.717) is 31.8 Å². The summed E-state index contributed by atoms with van der Waals surface area (Å²) in [5.41, 5.74) is 1.33. The van der Waals surface area contributed by atoms with E-state index < -0.39 is 6.04 Å². The number of aliphatic hydroxyl groups excluding tert-OH is 1. The normalized spacial score (nSPS) is 22.3. The minimum atomic E-state index is -0.514. The summed E-state index contributed by atoms with van der Waals surface area (Å²) in [6, 6.07) is 9.96. The van der Waals surface area contributed by atoms with Crippen molar-refractivity contribution < 1.29 is 14.7 Å². The Labute approximate surface area is 155 Å². The van der Waals surface area contributed by atoms with E-state index in [1.165, 1.54) is 5.56 Å². The van der Waals surface area contributed by atoms with E-state index in [4.69, 9.17) is 0 Å². The van der Waals surface area contributed by atoms with Crippen molar-refractivity contribution in [2.45, 2.75) is 38.3 Å². The van der Waals surface area contributed by atoms with E-state index in [1.54, 1.807) is 4.90 Å². The van der Waals surface area contributed by atoms with E-state index in [1.807, 2.05) is 6.07 Å². The fraction of sp³-hybridized carbons (Fsp3) is 0.600. The van der Waals surface area contributed by atoms with Crippen molar-refractivity contribution in [1.29, 1.82) is 0 Å². The minimum absolute atomic E-state index is 0.0554. The molecule has 1 unspecified atom stereocenters. The predicted octanol–water partition coefficient (Wildman–Crippen LogP) is 0.998. The first kappa shape index (κ1) is 18.9. The second-order valence-electron chi connectivity index (χ2n) is 7.32. The molecule has 0 radical (unpaired) electrons. The number of piperazine rings is 1. The van der Waals surface area contributed by atoms with E-state index in [9.17, 15) is 14.7 Å². The highest BCUT2D eigenvalue weighted by Crippen LogP contribution is 2.24. The van der Waals surface area contributed by atoms with Gasteiger partial charge in [0.1, 0.15) is 6.04 Å². The molecule has 2 saturated heterocycles. The Kier molecular flexibility index (Phi) is 6.63. The smallest absolute Gasteiger partial charge is 0.242 e. The van der Waals surface area contributed by atoms with Crippen LogP contribution in [0, 0.1) is 5.92 Å². The summed E-state index contributed by atoms with van der Waals surface area (Å²) in [6.45, 7) is 3.94. The third kappa shape index (κ3) is 4.83. The Morgan fingerprint density at radius 1 is 1.15 bits per heavy atom. The van der Waals surface area contributed by atoms with Gasteiger partial charge < -0.3 is 15.3 Å². The average molecular weight is 359 g/mol. The van der Waals surface area contributed by atoms with Gasteiger partial charge in [-0.1, -0.05) is 30.3 Å². The molecule has 2 N–H and O–H groups in total. The number of amides is 2. The van der Waals surface area contributed by atoms with Gasteiger partial charge in [0.25, 0.3) is 0 Å². The van der Waals surface area contributed by atoms with Crippen molar-refractivity contribution in [1.82, 2.24) is 15.1 Å². The first-order valence-electron chi connectivity index (χ1n) is 9.61. The van der Waals surface area contributed by atoms with E-state index in [-0.39, 0.29) is 18.4 Å². The number of carbonyl (C=O) groups is 2. The van der Waals surface area contributed by atoms with Gasteiger partial charge in [0.05, 0.1) is 0 Å². The van der Waals surface area contributed by atoms with Gasteiger partial charge in [0.15, 0.2) is 0 Å². The molecular formula is C20H29N3O3. The first-order chi connectivity index (χ1) is 12.7. The van der Waals surface area contributed by atoms with Gasteiger partial charge >= 0.3 is 0 Å². The minimum Gasteiger partial charge on any atom is -0.396 e. The number of carbonyl (C=O) groups excluding carboxylic acids is 2. The second kappa shape index (κ2) is 9.14. The number of nitrogens with zero attached hydrogens (tertiary/aromatic N) is 2. The summed E-state index contributed by atoms with van der Waals surface area (Å²) in [5, 5.41) is 12.0. The first-order valence-corrected chi connectivity index (χ1v) is 9.61. The number of nitrogens with one attached hydrogen (secondary N) is 1. The summed E-state index contributed by atoms with van der Waals surface area (Å²) in [7, 11) is 0. The van der Waals surface area contributed by atoms with Gasteiger partial charge in [-0.2, -0.15) is 0 Å². The highest BCUT2D eigenvalue weighted by Gasteiger charge is 2.33. The zero-order valence-electron chi connectivity index (χ0n) is 15.3. The highest BCUT2D eigenvalue weighted by molar-refractivity contribution is 5.88. The summed E-state index contributed by atoms with van der Waals surface area (Å²) in [4.78, 5) is 28.8. The molecule has 0 aromatic heterocycles. The molecule has 6 heteroatoms. The number of hydrogen-bond donors (Lipinski definition) is 2. The van der Waals surface area contributed by atoms with Crippen LogP contribution in [0.1, 0.15) is 31.2 Å². The van der Waals surface area contributed by atoms with Crippen LogP contribution < -0.4 is 5.32 Å². The Bertz CT molecular complexity index is 600. The molecular weight excluding hydrogens is 330 g/mol. The quantitative estimate of drug-likeness (QED) is 0.795. The maximum absolute atomic E-state index is 12.7. The van der Waals surface area contributed by atoms with Crippen molar-refractivity contribution in [3.63, 3.8) is 0 Å². The lowest BCUT2D eigenvalue weighted by molar-refractivity contribution is -0.144. The topological polar surface area (TPSA) is 72.9 Å². The molecule has 0 bridgehead atoms. The third-order valence-corrected chi connectivity index (χ3v) is 5.47. The fourth-order valence-electron chi connectivity index (χ4n) is 3.98. The monoisotopic (exact) mass is 359 g/mol. The van der Waals surface area contributed by atoms with E-state index in [0.717, 1.165) is 32.5 Å². The molecule has 1 atom stereocenters. The van der Waals surface area contributed by atoms with Crippen molar-refractivity contribution >= 4 is 11.8 Å². The predicted molar refractivity (Wildman–Crippen MR) is 99.3 cm³/mol. The molecule has 142 valence electrons. The molecule has 2 amide bonds. The van der Waals surface area contributed by atoms with Gasteiger partial charge in [0.2, 0.25) is 11.8 Å². The van der Waals surface area contributed by atoms with Crippen LogP contribution >= 0.6 is 0 Å². The number of hydrogen-bond acceptors (Lipinski definition) is 4. The Morgan fingerprint density at radius 3 is 2.58 bits per heavy atom. The molecule has 6 nitrogen and oxygen atoms in total. The lowest BCUT2D eigenvalue weighted by Gasteiger charge is -2.37. The van der Waals surface area contributed by atoms with Crippen LogP contribution in [0.15, 0.2) is 30.3 Å². The molecule has 2 fully saturated rings. The molecule has 0 spiro atoms. The van der Waals surface area contributed by atoms with Crippen LogP contribution in [0.4, 0.5) is 0 Å². The molecule has 2 heterocycles. The van der Waals surface area contributed by atoms with Crippen molar-refractivity contribution in [3.05, 3.63) is 35.9 Å². The number of likely N-dealkylation sites (tertiary alicyclic amines) is 1. The van der Waals surface area contributed by atoms with Crippen molar-refractivity contribution in [2.75, 3.05) is 32.8 Å². The van der Waals surface area contributed by atoms with Gasteiger partial charge in [0, 0.05) is 32.7 Å². The van der Waals surface area contributed by atoms with Gasteiger partial charge in [-0.25, -0.2) is 0 Å². The third-order valence-electron chi connectivity index (χ3n) is 5.47. The standard InChI is InChI=1S/C20H29N3O3/c24-13-8-18-20(26)21-9-12-23(18)19(25)14-16-6-10-22(11-7-16)15-17-4-2-1-3-5-17/h1-5,16,18,24H,6-15H2,(H,21,26). The molecule has 1 aromatic rings. The summed E-state index contributed by atoms with van der Waals surface area (Å²) < 4.78 is 0. The molecule has 2 aliphatic rings. The fourth-order valence-corrected chi connectivity index (χ4v) is 3.98. The molecule has 1 aromatic carbocycles. The second-order valence-corrected chi connectivity index (χ2v) is 7.32. The van der Waals surface area contributed by atoms with Crippen LogP contribution in [-0.4, -0.2) is 65.5 Å². The van der Waals surface area contributed by atoms with Crippen LogP contribution in [0.2, 0.25) is 0 Å². The Balaban J connectivity index is 1.47. The lowest BCUT2D eigenvalue weighted by Crippen LogP contribution is -2.57. The maximum Gasteiger partial charge on any atom is 0.242 e. The molecule has 0 aliphatic carbocycles. The van der Waals surface area contributed by atoms with E-state index >= 15 is 0 Å². The molecule has 3 rings (SSSR count).